The number of anilines is 1. The summed E-state index contributed by atoms with van der Waals surface area (Å²) in [5.74, 6) is -1.37. The number of aryl methyl sites for hydroxylation is 1. The summed E-state index contributed by atoms with van der Waals surface area (Å²) in [6.45, 7) is -0.526. The van der Waals surface area contributed by atoms with E-state index in [1.54, 1.807) is 24.3 Å². The molecule has 0 fully saturated rings. The number of nitrogens with one attached hydrogen (secondary N) is 2. The predicted molar refractivity (Wildman–Crippen MR) is 102 cm³/mol. The van der Waals surface area contributed by atoms with Crippen molar-refractivity contribution in [1.82, 2.24) is 10.2 Å². The van der Waals surface area contributed by atoms with E-state index >= 15 is 0 Å². The van der Waals surface area contributed by atoms with Crippen molar-refractivity contribution >= 4 is 39.0 Å². The molecule has 1 aromatic carbocycles. The van der Waals surface area contributed by atoms with Crippen LogP contribution in [0, 0.1) is 11.3 Å². The first-order valence-electron chi connectivity index (χ1n) is 8.57. The fourth-order valence-electron chi connectivity index (χ4n) is 3.24. The number of carbonyl (C=O) groups excluding carboxylic acids is 2. The Labute approximate surface area is 162 Å². The minimum absolute atomic E-state index is 0.0733. The minimum atomic E-state index is -0.822. The van der Waals surface area contributed by atoms with E-state index in [0.717, 1.165) is 29.7 Å². The van der Waals surface area contributed by atoms with Gasteiger partial charge in [-0.05, 0) is 30.9 Å². The van der Waals surface area contributed by atoms with Gasteiger partial charge in [0, 0.05) is 10.3 Å². The predicted octanol–water partition coefficient (Wildman–Crippen LogP) is 2.14. The van der Waals surface area contributed by atoms with Gasteiger partial charge >= 0.3 is 5.97 Å². The van der Waals surface area contributed by atoms with Crippen LogP contribution in [0.1, 0.15) is 32.9 Å². The number of hydrogen-bond acceptors (Lipinski definition) is 7. The van der Waals surface area contributed by atoms with Gasteiger partial charge in [-0.15, -0.1) is 11.3 Å². The first-order chi connectivity index (χ1) is 13.6. The maximum atomic E-state index is 12.3. The lowest BCUT2D eigenvalue weighted by atomic mass is 10.1. The Bertz CT molecular complexity index is 1200. The highest BCUT2D eigenvalue weighted by Crippen LogP contribution is 2.38. The van der Waals surface area contributed by atoms with Crippen molar-refractivity contribution in [3.05, 3.63) is 56.3 Å². The van der Waals surface area contributed by atoms with E-state index in [-0.39, 0.29) is 5.69 Å². The molecule has 0 unspecified atom stereocenters. The SMILES string of the molecule is N#Cc1c(NC(=O)COC(=O)c2n[nH]c(=O)c3ccccc23)sc2c1CCC2. The van der Waals surface area contributed by atoms with Crippen LogP contribution in [-0.4, -0.2) is 28.7 Å². The van der Waals surface area contributed by atoms with E-state index in [4.69, 9.17) is 4.74 Å². The summed E-state index contributed by atoms with van der Waals surface area (Å²) in [6, 6.07) is 8.64. The van der Waals surface area contributed by atoms with Gasteiger partial charge < -0.3 is 10.1 Å². The van der Waals surface area contributed by atoms with Crippen LogP contribution in [0.5, 0.6) is 0 Å². The van der Waals surface area contributed by atoms with E-state index in [1.165, 1.54) is 11.3 Å². The Morgan fingerprint density at radius 2 is 2.07 bits per heavy atom. The lowest BCUT2D eigenvalue weighted by Gasteiger charge is -2.07. The van der Waals surface area contributed by atoms with Gasteiger partial charge in [0.15, 0.2) is 12.3 Å². The first-order valence-corrected chi connectivity index (χ1v) is 9.39. The standard InChI is InChI=1S/C19H14N4O4S/c20-8-13-10-6-3-7-14(10)28-18(13)21-15(24)9-27-19(26)16-11-4-1-2-5-12(11)17(25)23-22-16/h1-2,4-5H,3,6-7,9H2,(H,21,24)(H,23,25). The van der Waals surface area contributed by atoms with Crippen LogP contribution in [0.4, 0.5) is 5.00 Å². The molecule has 140 valence electrons. The summed E-state index contributed by atoms with van der Waals surface area (Å²) in [5, 5.41) is 19.1. The van der Waals surface area contributed by atoms with Gasteiger partial charge in [0.05, 0.1) is 10.9 Å². The number of benzene rings is 1. The molecule has 0 bridgehead atoms. The van der Waals surface area contributed by atoms with Gasteiger partial charge in [-0.25, -0.2) is 9.89 Å². The molecule has 1 aliphatic rings. The molecule has 3 aromatic rings. The Morgan fingerprint density at radius 3 is 2.86 bits per heavy atom. The number of nitrogens with zero attached hydrogens (tertiary/aromatic N) is 2. The van der Waals surface area contributed by atoms with Crippen LogP contribution in [-0.2, 0) is 22.4 Å². The Balaban J connectivity index is 1.46. The highest BCUT2D eigenvalue weighted by atomic mass is 32.1. The highest BCUT2D eigenvalue weighted by Gasteiger charge is 2.23. The van der Waals surface area contributed by atoms with E-state index in [1.807, 2.05) is 0 Å². The molecule has 2 N–H and O–H groups in total. The second-order valence-corrected chi connectivity index (χ2v) is 7.35. The fraction of sp³-hybridized carbons (Fsp3) is 0.211. The monoisotopic (exact) mass is 394 g/mol. The third-order valence-corrected chi connectivity index (χ3v) is 5.72. The van der Waals surface area contributed by atoms with Gasteiger partial charge in [0.25, 0.3) is 11.5 Å². The smallest absolute Gasteiger partial charge is 0.359 e. The molecule has 2 heterocycles. The molecule has 0 aliphatic heterocycles. The molecular formula is C19H14N4O4S. The number of rotatable bonds is 4. The number of hydrogen-bond donors (Lipinski definition) is 2. The molecule has 28 heavy (non-hydrogen) atoms. The van der Waals surface area contributed by atoms with Crippen LogP contribution in [0.15, 0.2) is 29.1 Å². The van der Waals surface area contributed by atoms with E-state index < -0.39 is 24.0 Å². The van der Waals surface area contributed by atoms with Crippen LogP contribution in [0.3, 0.4) is 0 Å². The number of H-pyrrole nitrogens is 1. The number of ether oxygens (including phenoxy) is 1. The first kappa shape index (κ1) is 17.9. The average molecular weight is 394 g/mol. The van der Waals surface area contributed by atoms with Gasteiger partial charge in [-0.1, -0.05) is 18.2 Å². The average Bonchev–Trinajstić information content (AvgIpc) is 3.27. The summed E-state index contributed by atoms with van der Waals surface area (Å²) in [7, 11) is 0. The Morgan fingerprint density at radius 1 is 1.29 bits per heavy atom. The lowest BCUT2D eigenvalue weighted by molar-refractivity contribution is -0.119. The molecule has 4 rings (SSSR count). The maximum Gasteiger partial charge on any atom is 0.359 e. The summed E-state index contributed by atoms with van der Waals surface area (Å²) < 4.78 is 5.05. The number of aromatic nitrogens is 2. The molecule has 0 saturated carbocycles. The van der Waals surface area contributed by atoms with Crippen molar-refractivity contribution in [3.8, 4) is 6.07 Å². The quantitative estimate of drug-likeness (QED) is 0.653. The largest absolute Gasteiger partial charge is 0.451 e. The number of thiophene rings is 1. The Kier molecular flexibility index (Phi) is 4.63. The summed E-state index contributed by atoms with van der Waals surface area (Å²) in [5.41, 5.74) is 1.00. The molecular weight excluding hydrogens is 380 g/mol. The molecule has 0 atom stereocenters. The fourth-order valence-corrected chi connectivity index (χ4v) is 4.50. The van der Waals surface area contributed by atoms with Crippen molar-refractivity contribution in [2.24, 2.45) is 0 Å². The molecule has 9 heteroatoms. The molecule has 0 saturated heterocycles. The van der Waals surface area contributed by atoms with Gasteiger partial charge in [-0.2, -0.15) is 10.4 Å². The molecule has 0 spiro atoms. The van der Waals surface area contributed by atoms with Crippen molar-refractivity contribution in [1.29, 1.82) is 5.26 Å². The second kappa shape index (κ2) is 7.25. The minimum Gasteiger partial charge on any atom is -0.451 e. The van der Waals surface area contributed by atoms with Crippen molar-refractivity contribution in [2.75, 3.05) is 11.9 Å². The zero-order valence-electron chi connectivity index (χ0n) is 14.6. The van der Waals surface area contributed by atoms with E-state index in [2.05, 4.69) is 21.6 Å². The van der Waals surface area contributed by atoms with Crippen LogP contribution in [0.25, 0.3) is 10.8 Å². The van der Waals surface area contributed by atoms with Crippen molar-refractivity contribution in [3.63, 3.8) is 0 Å². The molecule has 8 nitrogen and oxygen atoms in total. The van der Waals surface area contributed by atoms with E-state index in [0.29, 0.717) is 21.3 Å². The molecule has 1 amide bonds. The number of esters is 1. The van der Waals surface area contributed by atoms with E-state index in [9.17, 15) is 19.6 Å². The molecule has 1 aliphatic carbocycles. The van der Waals surface area contributed by atoms with Crippen LogP contribution in [0.2, 0.25) is 0 Å². The lowest BCUT2D eigenvalue weighted by Crippen LogP contribution is -2.22. The van der Waals surface area contributed by atoms with Crippen molar-refractivity contribution in [2.45, 2.75) is 19.3 Å². The summed E-state index contributed by atoms with van der Waals surface area (Å²) in [4.78, 5) is 37.4. The third-order valence-electron chi connectivity index (χ3n) is 4.51. The van der Waals surface area contributed by atoms with Crippen LogP contribution < -0.4 is 10.9 Å². The zero-order chi connectivity index (χ0) is 19.7. The van der Waals surface area contributed by atoms with Gasteiger partial charge in [-0.3, -0.25) is 9.59 Å². The van der Waals surface area contributed by atoms with Crippen molar-refractivity contribution < 1.29 is 14.3 Å². The number of aromatic amines is 1. The summed E-state index contributed by atoms with van der Waals surface area (Å²) >= 11 is 1.39. The normalized spacial score (nSPS) is 12.4. The zero-order valence-corrected chi connectivity index (χ0v) is 15.4. The topological polar surface area (TPSA) is 125 Å². The molecule has 0 radical (unpaired) electrons. The summed E-state index contributed by atoms with van der Waals surface area (Å²) in [6.07, 6.45) is 2.76. The number of nitriles is 1. The van der Waals surface area contributed by atoms with Gasteiger partial charge in [0.1, 0.15) is 11.1 Å². The molecule has 2 aromatic heterocycles. The van der Waals surface area contributed by atoms with Gasteiger partial charge in [0.2, 0.25) is 0 Å². The third kappa shape index (κ3) is 3.14. The number of carbonyl (C=O) groups is 2. The maximum absolute atomic E-state index is 12.3. The van der Waals surface area contributed by atoms with Crippen LogP contribution >= 0.6 is 11.3 Å². The second-order valence-electron chi connectivity index (χ2n) is 6.24. The Hall–Kier alpha value is -3.51. The number of fused-ring (bicyclic) bond motifs is 2. The number of amides is 1. The highest BCUT2D eigenvalue weighted by molar-refractivity contribution is 7.16.